The number of hydrogen-bond donors (Lipinski definition) is 1. The van der Waals surface area contributed by atoms with E-state index in [2.05, 4.69) is 19.2 Å². The van der Waals surface area contributed by atoms with Crippen molar-refractivity contribution in [3.63, 3.8) is 0 Å². The summed E-state index contributed by atoms with van der Waals surface area (Å²) in [5, 5.41) is 3.38. The van der Waals surface area contributed by atoms with E-state index in [1.54, 1.807) is 0 Å². The highest BCUT2D eigenvalue weighted by Crippen LogP contribution is 2.28. The maximum Gasteiger partial charge on any atom is 0.0594 e. The molecule has 3 nitrogen and oxygen atoms in total. The molecule has 2 atom stereocenters. The van der Waals surface area contributed by atoms with Crippen molar-refractivity contribution in [1.29, 1.82) is 0 Å². The standard InChI is InChI=1S/C16H33NO2/c1-3-5-11-18-12-9-17-10-13-19-16-8-6-7-15(4-2)14-16/h15-17H,3-14H2,1-2H3. The van der Waals surface area contributed by atoms with Gasteiger partial charge in [-0.1, -0.05) is 39.5 Å². The Morgan fingerprint density at radius 3 is 2.68 bits per heavy atom. The van der Waals surface area contributed by atoms with Gasteiger partial charge in [0.15, 0.2) is 0 Å². The summed E-state index contributed by atoms with van der Waals surface area (Å²) in [4.78, 5) is 0. The van der Waals surface area contributed by atoms with Gasteiger partial charge in [0, 0.05) is 19.7 Å². The highest BCUT2D eigenvalue weighted by Gasteiger charge is 2.20. The van der Waals surface area contributed by atoms with Crippen LogP contribution in [0, 0.1) is 5.92 Å². The Balaban J connectivity index is 1.85. The van der Waals surface area contributed by atoms with Gasteiger partial charge in [-0.15, -0.1) is 0 Å². The fourth-order valence-corrected chi connectivity index (χ4v) is 2.68. The predicted molar refractivity (Wildman–Crippen MR) is 80.6 cm³/mol. The highest BCUT2D eigenvalue weighted by molar-refractivity contribution is 4.72. The second-order valence-corrected chi connectivity index (χ2v) is 5.65. The van der Waals surface area contributed by atoms with Crippen LogP contribution in [0.25, 0.3) is 0 Å². The number of hydrogen-bond acceptors (Lipinski definition) is 3. The summed E-state index contributed by atoms with van der Waals surface area (Å²) in [6, 6.07) is 0. The fraction of sp³-hybridized carbons (Fsp3) is 1.00. The Hall–Kier alpha value is -0.120. The first kappa shape index (κ1) is 16.9. The molecule has 0 aliphatic heterocycles. The van der Waals surface area contributed by atoms with Crippen molar-refractivity contribution in [2.75, 3.05) is 32.9 Å². The molecule has 2 unspecified atom stereocenters. The Morgan fingerprint density at radius 2 is 1.89 bits per heavy atom. The third-order valence-electron chi connectivity index (χ3n) is 4.01. The molecule has 0 amide bonds. The zero-order valence-corrected chi connectivity index (χ0v) is 13.0. The van der Waals surface area contributed by atoms with E-state index in [9.17, 15) is 0 Å². The van der Waals surface area contributed by atoms with Crippen molar-refractivity contribution in [3.8, 4) is 0 Å². The third-order valence-corrected chi connectivity index (χ3v) is 4.01. The lowest BCUT2D eigenvalue weighted by atomic mass is 9.85. The molecule has 1 saturated carbocycles. The first-order valence-electron chi connectivity index (χ1n) is 8.26. The van der Waals surface area contributed by atoms with E-state index in [0.29, 0.717) is 6.10 Å². The minimum Gasteiger partial charge on any atom is -0.380 e. The maximum absolute atomic E-state index is 5.96. The molecule has 1 fully saturated rings. The lowest BCUT2D eigenvalue weighted by Crippen LogP contribution is -2.28. The van der Waals surface area contributed by atoms with Crippen LogP contribution in [0.3, 0.4) is 0 Å². The van der Waals surface area contributed by atoms with Crippen LogP contribution >= 0.6 is 0 Å². The molecule has 1 N–H and O–H groups in total. The zero-order valence-electron chi connectivity index (χ0n) is 13.0. The molecule has 1 aliphatic rings. The van der Waals surface area contributed by atoms with Gasteiger partial charge in [0.05, 0.1) is 19.3 Å². The van der Waals surface area contributed by atoms with Gasteiger partial charge in [-0.05, 0) is 25.2 Å². The summed E-state index contributed by atoms with van der Waals surface area (Å²) in [7, 11) is 0. The maximum atomic E-state index is 5.96. The molecular weight excluding hydrogens is 238 g/mol. The Labute approximate surface area is 119 Å². The van der Waals surface area contributed by atoms with E-state index in [-0.39, 0.29) is 0 Å². The van der Waals surface area contributed by atoms with E-state index in [0.717, 1.165) is 38.8 Å². The quantitative estimate of drug-likeness (QED) is 0.584. The van der Waals surface area contributed by atoms with Gasteiger partial charge in [-0.3, -0.25) is 0 Å². The van der Waals surface area contributed by atoms with Crippen LogP contribution in [-0.2, 0) is 9.47 Å². The molecule has 0 heterocycles. The van der Waals surface area contributed by atoms with Crippen molar-refractivity contribution < 1.29 is 9.47 Å². The molecule has 0 radical (unpaired) electrons. The normalized spacial score (nSPS) is 23.7. The van der Waals surface area contributed by atoms with Gasteiger partial charge >= 0.3 is 0 Å². The Kier molecular flexibility index (Phi) is 10.4. The SMILES string of the molecule is CCCCOCCNCCOC1CCCC(CC)C1. The molecule has 3 heteroatoms. The van der Waals surface area contributed by atoms with Crippen molar-refractivity contribution in [1.82, 2.24) is 5.32 Å². The summed E-state index contributed by atoms with van der Waals surface area (Å²) in [6.45, 7) is 8.94. The fourth-order valence-electron chi connectivity index (χ4n) is 2.68. The first-order chi connectivity index (χ1) is 9.36. The van der Waals surface area contributed by atoms with Gasteiger partial charge in [0.1, 0.15) is 0 Å². The van der Waals surface area contributed by atoms with Gasteiger partial charge in [-0.25, -0.2) is 0 Å². The van der Waals surface area contributed by atoms with Crippen LogP contribution < -0.4 is 5.32 Å². The Bertz CT molecular complexity index is 199. The average molecular weight is 271 g/mol. The van der Waals surface area contributed by atoms with E-state index in [1.165, 1.54) is 44.9 Å². The largest absolute Gasteiger partial charge is 0.380 e. The zero-order chi connectivity index (χ0) is 13.8. The summed E-state index contributed by atoms with van der Waals surface area (Å²) < 4.78 is 11.5. The average Bonchev–Trinajstić information content (AvgIpc) is 2.46. The molecule has 0 aromatic rings. The van der Waals surface area contributed by atoms with Crippen LogP contribution in [0.4, 0.5) is 0 Å². The number of unbranched alkanes of at least 4 members (excludes halogenated alkanes) is 1. The monoisotopic (exact) mass is 271 g/mol. The Morgan fingerprint density at radius 1 is 1.05 bits per heavy atom. The van der Waals surface area contributed by atoms with E-state index >= 15 is 0 Å². The smallest absolute Gasteiger partial charge is 0.0594 e. The van der Waals surface area contributed by atoms with Gasteiger partial charge < -0.3 is 14.8 Å². The second kappa shape index (κ2) is 11.7. The molecule has 1 aliphatic carbocycles. The van der Waals surface area contributed by atoms with Gasteiger partial charge in [0.2, 0.25) is 0 Å². The number of ether oxygens (including phenoxy) is 2. The number of nitrogens with one attached hydrogen (secondary N) is 1. The van der Waals surface area contributed by atoms with Crippen molar-refractivity contribution in [2.45, 2.75) is 64.9 Å². The molecule has 0 aromatic carbocycles. The van der Waals surface area contributed by atoms with E-state index in [1.807, 2.05) is 0 Å². The van der Waals surface area contributed by atoms with Crippen molar-refractivity contribution >= 4 is 0 Å². The minimum absolute atomic E-state index is 0.515. The topological polar surface area (TPSA) is 30.5 Å². The van der Waals surface area contributed by atoms with Crippen molar-refractivity contribution in [3.05, 3.63) is 0 Å². The number of rotatable bonds is 11. The lowest BCUT2D eigenvalue weighted by Gasteiger charge is -2.28. The summed E-state index contributed by atoms with van der Waals surface area (Å²) in [6.07, 6.45) is 9.50. The predicted octanol–water partition coefficient (Wildman–Crippen LogP) is 3.38. The molecule has 0 aromatic heterocycles. The molecule has 114 valence electrons. The molecule has 19 heavy (non-hydrogen) atoms. The molecule has 0 bridgehead atoms. The van der Waals surface area contributed by atoms with Gasteiger partial charge in [-0.2, -0.15) is 0 Å². The summed E-state index contributed by atoms with van der Waals surface area (Å²) >= 11 is 0. The summed E-state index contributed by atoms with van der Waals surface area (Å²) in [5.74, 6) is 0.902. The minimum atomic E-state index is 0.515. The molecular formula is C16H33NO2. The summed E-state index contributed by atoms with van der Waals surface area (Å²) in [5.41, 5.74) is 0. The van der Waals surface area contributed by atoms with E-state index < -0.39 is 0 Å². The van der Waals surface area contributed by atoms with Crippen LogP contribution in [0.1, 0.15) is 58.8 Å². The van der Waals surface area contributed by atoms with Crippen LogP contribution in [0.5, 0.6) is 0 Å². The van der Waals surface area contributed by atoms with Crippen LogP contribution in [-0.4, -0.2) is 39.0 Å². The van der Waals surface area contributed by atoms with E-state index in [4.69, 9.17) is 9.47 Å². The van der Waals surface area contributed by atoms with Gasteiger partial charge in [0.25, 0.3) is 0 Å². The molecule has 1 rings (SSSR count). The second-order valence-electron chi connectivity index (χ2n) is 5.65. The third kappa shape index (κ3) is 8.61. The highest BCUT2D eigenvalue weighted by atomic mass is 16.5. The first-order valence-corrected chi connectivity index (χ1v) is 8.26. The molecule has 0 spiro atoms. The van der Waals surface area contributed by atoms with Crippen LogP contribution in [0.2, 0.25) is 0 Å². The van der Waals surface area contributed by atoms with Crippen molar-refractivity contribution in [2.24, 2.45) is 5.92 Å². The van der Waals surface area contributed by atoms with Crippen LogP contribution in [0.15, 0.2) is 0 Å². The lowest BCUT2D eigenvalue weighted by molar-refractivity contribution is 0.0137. The molecule has 0 saturated heterocycles.